The van der Waals surface area contributed by atoms with Gasteiger partial charge in [0.15, 0.2) is 0 Å². The van der Waals surface area contributed by atoms with Crippen molar-refractivity contribution in [3.05, 3.63) is 28.2 Å². The van der Waals surface area contributed by atoms with Gasteiger partial charge in [0.05, 0.1) is 13.7 Å². The fourth-order valence-electron chi connectivity index (χ4n) is 2.23. The predicted molar refractivity (Wildman–Crippen MR) is 101 cm³/mol. The lowest BCUT2D eigenvalue weighted by Crippen LogP contribution is -2.27. The molecule has 0 amide bonds. The van der Waals surface area contributed by atoms with E-state index in [-0.39, 0.29) is 11.7 Å². The number of halogens is 2. The van der Waals surface area contributed by atoms with Crippen molar-refractivity contribution in [2.24, 2.45) is 0 Å². The average molecular weight is 402 g/mol. The maximum Gasteiger partial charge on any atom is 0.515 e. The third-order valence-corrected chi connectivity index (χ3v) is 4.04. The van der Waals surface area contributed by atoms with Crippen LogP contribution in [0.15, 0.2) is 18.2 Å². The molecular formula is C16H21Cl2N5O3. The highest BCUT2D eigenvalue weighted by molar-refractivity contribution is 6.35. The number of likely N-dealkylation sites (N-methyl/N-ethyl adjacent to an activating group) is 1. The van der Waals surface area contributed by atoms with Crippen LogP contribution >= 0.6 is 23.2 Å². The minimum Gasteiger partial charge on any atom is -0.437 e. The Morgan fingerprint density at radius 3 is 2.42 bits per heavy atom. The molecule has 1 N–H and O–H groups in total. The van der Waals surface area contributed by atoms with Crippen molar-refractivity contribution in [3.8, 4) is 5.88 Å². The number of benzene rings is 1. The Labute approximate surface area is 162 Å². The summed E-state index contributed by atoms with van der Waals surface area (Å²) in [6.45, 7) is 7.33. The second-order valence-corrected chi connectivity index (χ2v) is 6.19. The molecule has 0 atom stereocenters. The van der Waals surface area contributed by atoms with Crippen molar-refractivity contribution in [3.63, 3.8) is 0 Å². The van der Waals surface area contributed by atoms with E-state index >= 15 is 0 Å². The Balaban J connectivity index is 2.22. The van der Waals surface area contributed by atoms with E-state index in [1.807, 2.05) is 0 Å². The molecule has 0 saturated carbocycles. The summed E-state index contributed by atoms with van der Waals surface area (Å²) in [6, 6.07) is 4.95. The molecule has 8 nitrogen and oxygen atoms in total. The van der Waals surface area contributed by atoms with Gasteiger partial charge in [-0.15, -0.1) is 10.2 Å². The van der Waals surface area contributed by atoms with Crippen molar-refractivity contribution in [1.29, 1.82) is 0 Å². The predicted octanol–water partition coefficient (Wildman–Crippen LogP) is 3.82. The summed E-state index contributed by atoms with van der Waals surface area (Å²) in [5.74, 6) is 0.265. The van der Waals surface area contributed by atoms with Crippen molar-refractivity contribution < 1.29 is 14.3 Å². The fraction of sp³-hybridized carbons (Fsp3) is 0.438. The number of carbonyl (C=O) groups is 1. The maximum absolute atomic E-state index is 11.5. The zero-order chi connectivity index (χ0) is 19.1. The van der Waals surface area contributed by atoms with Gasteiger partial charge in [0, 0.05) is 22.3 Å². The Kier molecular flexibility index (Phi) is 7.50. The molecule has 1 aromatic heterocycles. The first-order valence-electron chi connectivity index (χ1n) is 8.11. The minimum atomic E-state index is -0.882. The number of hydrogen-bond donors (Lipinski definition) is 1. The molecule has 0 saturated heterocycles. The number of rotatable bonds is 8. The van der Waals surface area contributed by atoms with Gasteiger partial charge in [-0.05, 0) is 31.3 Å². The summed E-state index contributed by atoms with van der Waals surface area (Å²) < 4.78 is 9.59. The number of anilines is 2. The van der Waals surface area contributed by atoms with Gasteiger partial charge in [0.1, 0.15) is 0 Å². The van der Waals surface area contributed by atoms with Crippen LogP contribution < -0.4 is 10.1 Å². The topological polar surface area (TPSA) is 81.5 Å². The molecule has 26 heavy (non-hydrogen) atoms. The lowest BCUT2D eigenvalue weighted by atomic mass is 10.3. The minimum absolute atomic E-state index is 0.00694. The van der Waals surface area contributed by atoms with Gasteiger partial charge in [0.2, 0.25) is 5.82 Å². The first-order chi connectivity index (χ1) is 12.4. The highest BCUT2D eigenvalue weighted by atomic mass is 35.5. The van der Waals surface area contributed by atoms with Gasteiger partial charge in [0.25, 0.3) is 5.88 Å². The quantitative estimate of drug-likeness (QED) is 0.673. The lowest BCUT2D eigenvalue weighted by molar-refractivity contribution is 0.119. The molecule has 0 fully saturated rings. The van der Waals surface area contributed by atoms with E-state index in [1.54, 1.807) is 18.2 Å². The van der Waals surface area contributed by atoms with Crippen molar-refractivity contribution in [1.82, 2.24) is 19.9 Å². The van der Waals surface area contributed by atoms with Crippen LogP contribution in [0.5, 0.6) is 5.88 Å². The molecule has 0 aliphatic heterocycles. The fourth-order valence-corrected chi connectivity index (χ4v) is 2.76. The first-order valence-corrected chi connectivity index (χ1v) is 8.87. The Morgan fingerprint density at radius 2 is 1.85 bits per heavy atom. The molecule has 0 unspecified atom stereocenters. The molecule has 10 heteroatoms. The molecule has 0 spiro atoms. The molecule has 142 valence electrons. The van der Waals surface area contributed by atoms with E-state index in [9.17, 15) is 4.79 Å². The summed E-state index contributed by atoms with van der Waals surface area (Å²) in [6.07, 6.45) is -0.882. The number of aromatic nitrogens is 3. The van der Waals surface area contributed by atoms with Crippen LogP contribution in [0.2, 0.25) is 10.0 Å². The number of ether oxygens (including phenoxy) is 2. The smallest absolute Gasteiger partial charge is 0.437 e. The summed E-state index contributed by atoms with van der Waals surface area (Å²) in [7, 11) is 1.22. The molecule has 0 aliphatic rings. The van der Waals surface area contributed by atoms with Crippen LogP contribution in [-0.4, -0.2) is 52.8 Å². The van der Waals surface area contributed by atoms with E-state index in [4.69, 9.17) is 27.9 Å². The molecule has 2 rings (SSSR count). The van der Waals surface area contributed by atoms with Gasteiger partial charge < -0.3 is 19.7 Å². The molecule has 0 radical (unpaired) electrons. The zero-order valence-electron chi connectivity index (χ0n) is 14.8. The zero-order valence-corrected chi connectivity index (χ0v) is 16.3. The summed E-state index contributed by atoms with van der Waals surface area (Å²) in [5, 5.41) is 12.5. The molecule has 0 aliphatic carbocycles. The standard InChI is InChI=1S/C16H21Cl2N5O3/c1-4-22(5-2)6-7-23-20-14(15(21-23)26-16(24)25-3)19-13-9-11(17)8-12(18)10-13/h8-10H,4-7H2,1-3H3,(H,19,20). The van der Waals surface area contributed by atoms with Crippen molar-refractivity contribution in [2.75, 3.05) is 32.1 Å². The third kappa shape index (κ3) is 5.76. The molecule has 0 bridgehead atoms. The highest BCUT2D eigenvalue weighted by Crippen LogP contribution is 2.28. The van der Waals surface area contributed by atoms with Gasteiger partial charge >= 0.3 is 6.16 Å². The van der Waals surface area contributed by atoms with Gasteiger partial charge in [-0.25, -0.2) is 4.79 Å². The Hall–Kier alpha value is -2.03. The monoisotopic (exact) mass is 401 g/mol. The summed E-state index contributed by atoms with van der Waals surface area (Å²) in [5.41, 5.74) is 0.591. The molecule has 2 aromatic rings. The van der Waals surface area contributed by atoms with E-state index in [1.165, 1.54) is 11.9 Å². The normalized spacial score (nSPS) is 10.8. The van der Waals surface area contributed by atoms with Gasteiger partial charge in [-0.3, -0.25) is 0 Å². The number of methoxy groups -OCH3 is 1. The third-order valence-electron chi connectivity index (χ3n) is 3.61. The molecule has 1 heterocycles. The van der Waals surface area contributed by atoms with Gasteiger partial charge in [-0.2, -0.15) is 4.80 Å². The van der Waals surface area contributed by atoms with E-state index in [2.05, 4.69) is 39.0 Å². The van der Waals surface area contributed by atoms with Crippen LogP contribution in [0.4, 0.5) is 16.3 Å². The second-order valence-electron chi connectivity index (χ2n) is 5.32. The van der Waals surface area contributed by atoms with Crippen molar-refractivity contribution in [2.45, 2.75) is 20.4 Å². The Morgan fingerprint density at radius 1 is 1.19 bits per heavy atom. The number of hydrogen-bond acceptors (Lipinski definition) is 7. The lowest BCUT2D eigenvalue weighted by Gasteiger charge is -2.16. The average Bonchev–Trinajstić information content (AvgIpc) is 2.96. The number of nitrogens with one attached hydrogen (secondary N) is 1. The van der Waals surface area contributed by atoms with Crippen LogP contribution in [-0.2, 0) is 11.3 Å². The molecular weight excluding hydrogens is 381 g/mol. The van der Waals surface area contributed by atoms with E-state index < -0.39 is 6.16 Å². The number of nitrogens with zero attached hydrogens (tertiary/aromatic N) is 4. The van der Waals surface area contributed by atoms with Crippen LogP contribution in [0.3, 0.4) is 0 Å². The van der Waals surface area contributed by atoms with Crippen LogP contribution in [0.25, 0.3) is 0 Å². The van der Waals surface area contributed by atoms with Gasteiger partial charge in [-0.1, -0.05) is 37.0 Å². The van der Waals surface area contributed by atoms with Crippen LogP contribution in [0.1, 0.15) is 13.8 Å². The highest BCUT2D eigenvalue weighted by Gasteiger charge is 2.17. The molecule has 1 aromatic carbocycles. The number of carbonyl (C=O) groups excluding carboxylic acids is 1. The largest absolute Gasteiger partial charge is 0.515 e. The summed E-state index contributed by atoms with van der Waals surface area (Å²) >= 11 is 12.0. The first kappa shape index (κ1) is 20.3. The summed E-state index contributed by atoms with van der Waals surface area (Å²) in [4.78, 5) is 15.2. The SMILES string of the molecule is CCN(CC)CCn1nc(Nc2cc(Cl)cc(Cl)c2)c(OC(=O)OC)n1. The van der Waals surface area contributed by atoms with Crippen LogP contribution in [0, 0.1) is 0 Å². The maximum atomic E-state index is 11.5. The van der Waals surface area contributed by atoms with Crippen molar-refractivity contribution >= 4 is 40.9 Å². The van der Waals surface area contributed by atoms with E-state index in [0.717, 1.165) is 19.6 Å². The van der Waals surface area contributed by atoms with E-state index in [0.29, 0.717) is 22.3 Å². The Bertz CT molecular complexity index is 729. The second kappa shape index (κ2) is 9.61.